The van der Waals surface area contributed by atoms with Crippen LogP contribution in [0.25, 0.3) is 4.85 Å². The molecular formula is C45H49F3N4O6S. The van der Waals surface area contributed by atoms with Crippen molar-refractivity contribution < 1.29 is 41.8 Å². The number of morpholine rings is 1. The summed E-state index contributed by atoms with van der Waals surface area (Å²) in [6.07, 6.45) is 0.135. The lowest BCUT2D eigenvalue weighted by Crippen LogP contribution is -2.52. The van der Waals surface area contributed by atoms with Crippen molar-refractivity contribution in [2.45, 2.75) is 101 Å². The molecule has 1 fully saturated rings. The summed E-state index contributed by atoms with van der Waals surface area (Å²) in [5, 5.41) is 2.71. The average molecular weight is 831 g/mol. The van der Waals surface area contributed by atoms with Gasteiger partial charge in [-0.3, -0.25) is 9.78 Å². The maximum absolute atomic E-state index is 15.8. The molecule has 0 radical (unpaired) electrons. The lowest BCUT2D eigenvalue weighted by atomic mass is 9.81. The first-order chi connectivity index (χ1) is 27.9. The molecule has 14 heteroatoms. The van der Waals surface area contributed by atoms with Crippen LogP contribution in [-0.2, 0) is 31.8 Å². The molecule has 0 aliphatic carbocycles. The summed E-state index contributed by atoms with van der Waals surface area (Å²) in [4.78, 5) is 51.1. The first-order valence-electron chi connectivity index (χ1n) is 19.3. The zero-order chi connectivity index (χ0) is 42.9. The van der Waals surface area contributed by atoms with Gasteiger partial charge >= 0.3 is 12.2 Å². The summed E-state index contributed by atoms with van der Waals surface area (Å²) in [7, 11) is 0. The molecule has 0 bridgehead atoms. The van der Waals surface area contributed by atoms with Crippen LogP contribution in [0.3, 0.4) is 0 Å². The van der Waals surface area contributed by atoms with Gasteiger partial charge in [0.15, 0.2) is 11.5 Å². The van der Waals surface area contributed by atoms with E-state index in [1.165, 1.54) is 66.5 Å². The molecule has 312 valence electrons. The highest BCUT2D eigenvalue weighted by Gasteiger charge is 2.36. The Morgan fingerprint density at radius 2 is 1.51 bits per heavy atom. The third-order valence-corrected chi connectivity index (χ3v) is 10.4. The molecular weight excluding hydrogens is 782 g/mol. The van der Waals surface area contributed by atoms with Crippen LogP contribution in [0.5, 0.6) is 0 Å². The van der Waals surface area contributed by atoms with Crippen molar-refractivity contribution in [3.63, 3.8) is 0 Å². The predicted molar refractivity (Wildman–Crippen MR) is 219 cm³/mol. The molecule has 1 N–H and O–H groups in total. The largest absolute Gasteiger partial charge is 0.444 e. The molecule has 0 saturated carbocycles. The molecule has 2 heterocycles. The molecule has 1 aromatic heterocycles. The number of rotatable bonds is 13. The molecule has 4 aromatic rings. The van der Waals surface area contributed by atoms with Gasteiger partial charge in [0.1, 0.15) is 34.7 Å². The van der Waals surface area contributed by atoms with Crippen LogP contribution in [0.2, 0.25) is 0 Å². The van der Waals surface area contributed by atoms with Gasteiger partial charge in [0.2, 0.25) is 0 Å². The topological polar surface area (TPSA) is 111 Å². The van der Waals surface area contributed by atoms with E-state index in [0.29, 0.717) is 22.6 Å². The van der Waals surface area contributed by atoms with E-state index in [1.807, 2.05) is 6.07 Å². The highest BCUT2D eigenvalue weighted by atomic mass is 32.2. The van der Waals surface area contributed by atoms with Crippen molar-refractivity contribution in [3.8, 4) is 0 Å². The summed E-state index contributed by atoms with van der Waals surface area (Å²) in [5.41, 5.74) is 0.259. The second-order valence-corrected chi connectivity index (χ2v) is 17.4. The Morgan fingerprint density at radius 1 is 0.898 bits per heavy atom. The number of hydrogen-bond acceptors (Lipinski definition) is 8. The molecule has 5 rings (SSSR count). The number of benzene rings is 3. The fraction of sp³-hybridized carbons (Fsp3) is 0.400. The molecule has 2 amide bonds. The Kier molecular flexibility index (Phi) is 14.8. The van der Waals surface area contributed by atoms with E-state index in [9.17, 15) is 23.2 Å². The fourth-order valence-corrected chi connectivity index (χ4v) is 7.66. The summed E-state index contributed by atoms with van der Waals surface area (Å²) < 4.78 is 61.7. The van der Waals surface area contributed by atoms with Crippen molar-refractivity contribution in [2.75, 3.05) is 18.8 Å². The number of thioether (sulfide) groups is 1. The van der Waals surface area contributed by atoms with E-state index in [4.69, 9.17) is 20.8 Å². The van der Waals surface area contributed by atoms with Crippen molar-refractivity contribution in [1.82, 2.24) is 15.2 Å². The Labute approximate surface area is 347 Å². The molecule has 0 unspecified atom stereocenters. The quantitative estimate of drug-likeness (QED) is 0.105. The van der Waals surface area contributed by atoms with E-state index in [2.05, 4.69) is 15.1 Å². The SMILES string of the molecule is [C-]#[N+]c1cccc(SC[C@@H]2CN(C(=O)OC(C)(C)C)C[C@@H](CCc3c(F)cncc3CC(=O)[C@@H](NC(=O)OC(C)(C)C)C(c3ccc(F)cc3)c3ccc(F)cc3)O2)c1. The van der Waals surface area contributed by atoms with E-state index in [1.54, 1.807) is 64.6 Å². The van der Waals surface area contributed by atoms with Gasteiger partial charge in [-0.2, -0.15) is 0 Å². The molecule has 1 aliphatic heterocycles. The van der Waals surface area contributed by atoms with Crippen molar-refractivity contribution in [3.05, 3.63) is 136 Å². The van der Waals surface area contributed by atoms with Gasteiger partial charge in [-0.25, -0.2) is 27.6 Å². The van der Waals surface area contributed by atoms with Crippen LogP contribution in [0.4, 0.5) is 28.4 Å². The van der Waals surface area contributed by atoms with Crippen molar-refractivity contribution >= 4 is 35.4 Å². The number of hydrogen-bond donors (Lipinski definition) is 1. The number of ketones is 1. The molecule has 0 spiro atoms. The van der Waals surface area contributed by atoms with Gasteiger partial charge in [-0.15, -0.1) is 11.8 Å². The van der Waals surface area contributed by atoms with Crippen LogP contribution in [0.15, 0.2) is 90.1 Å². The second-order valence-electron chi connectivity index (χ2n) is 16.3. The third kappa shape index (κ3) is 13.3. The number of alkyl carbamates (subject to hydrolysis) is 1. The Hall–Kier alpha value is -5.39. The highest BCUT2D eigenvalue weighted by Crippen LogP contribution is 2.32. The first-order valence-corrected chi connectivity index (χ1v) is 20.2. The van der Waals surface area contributed by atoms with E-state index < -0.39 is 70.8 Å². The summed E-state index contributed by atoms with van der Waals surface area (Å²) in [5.74, 6) is -2.67. The van der Waals surface area contributed by atoms with E-state index in [-0.39, 0.29) is 43.5 Å². The average Bonchev–Trinajstić information content (AvgIpc) is 3.16. The van der Waals surface area contributed by atoms with E-state index in [0.717, 1.165) is 11.1 Å². The number of nitrogens with zero attached hydrogens (tertiary/aromatic N) is 3. The van der Waals surface area contributed by atoms with Crippen LogP contribution in [0, 0.1) is 24.0 Å². The molecule has 1 saturated heterocycles. The summed E-state index contributed by atoms with van der Waals surface area (Å²) in [6.45, 7) is 18.2. The van der Waals surface area contributed by atoms with Gasteiger partial charge in [0.25, 0.3) is 0 Å². The van der Waals surface area contributed by atoms with Crippen LogP contribution in [0.1, 0.15) is 76.1 Å². The predicted octanol–water partition coefficient (Wildman–Crippen LogP) is 9.62. The zero-order valence-electron chi connectivity index (χ0n) is 34.0. The minimum Gasteiger partial charge on any atom is -0.444 e. The molecule has 3 atom stereocenters. The maximum Gasteiger partial charge on any atom is 0.410 e. The molecule has 3 aromatic carbocycles. The van der Waals surface area contributed by atoms with Gasteiger partial charge in [-0.1, -0.05) is 42.5 Å². The zero-order valence-corrected chi connectivity index (χ0v) is 34.8. The number of Topliss-reactive ketones (excluding diaryl/α,β-unsaturated/α-hetero) is 1. The van der Waals surface area contributed by atoms with Crippen LogP contribution >= 0.6 is 11.8 Å². The number of carbonyl (C=O) groups is 3. The number of amides is 2. The minimum absolute atomic E-state index is 0.111. The van der Waals surface area contributed by atoms with Crippen LogP contribution < -0.4 is 5.32 Å². The standard InChI is InChI=1S/C45H49F3N4O6S/c1-44(2,3)57-42(54)51-41(40(28-11-15-31(46)16-12-28)29-13-17-32(47)18-14-29)39(53)21-30-23-50-24-38(48)37(30)20-19-34-25-52(43(55)58-45(4,5)6)26-35(56-34)27-59-36-10-8-9-33(22-36)49-7/h8-18,22-24,34-35,40-41H,19-21,25-27H2,1-6H3,(H,51,54)/t34-,35+,41-/m1/s1. The summed E-state index contributed by atoms with van der Waals surface area (Å²) >= 11 is 1.49. The fourth-order valence-electron chi connectivity index (χ4n) is 6.72. The lowest BCUT2D eigenvalue weighted by molar-refractivity contribution is -0.120. The summed E-state index contributed by atoms with van der Waals surface area (Å²) in [6, 6.07) is 16.7. The number of pyridine rings is 1. The lowest BCUT2D eigenvalue weighted by Gasteiger charge is -2.38. The number of ether oxygens (including phenoxy) is 3. The normalized spacial score (nSPS) is 16.3. The van der Waals surface area contributed by atoms with Gasteiger partial charge in [0.05, 0.1) is 38.1 Å². The number of nitrogens with one attached hydrogen (secondary N) is 1. The smallest absolute Gasteiger partial charge is 0.410 e. The van der Waals surface area contributed by atoms with Crippen molar-refractivity contribution in [2.24, 2.45) is 0 Å². The number of aromatic nitrogens is 1. The van der Waals surface area contributed by atoms with Gasteiger partial charge < -0.3 is 24.4 Å². The Morgan fingerprint density at radius 3 is 2.10 bits per heavy atom. The molecule has 10 nitrogen and oxygen atoms in total. The van der Waals surface area contributed by atoms with Crippen LogP contribution in [-0.4, -0.2) is 76.1 Å². The maximum atomic E-state index is 15.8. The van der Waals surface area contributed by atoms with E-state index >= 15 is 4.39 Å². The third-order valence-electron chi connectivity index (χ3n) is 9.25. The number of carbonyl (C=O) groups excluding carboxylic acids is 3. The Bertz CT molecular complexity index is 2090. The Balaban J connectivity index is 1.41. The molecule has 59 heavy (non-hydrogen) atoms. The number of halogens is 3. The first kappa shape index (κ1) is 44.7. The van der Waals surface area contributed by atoms with Gasteiger partial charge in [0, 0.05) is 24.3 Å². The van der Waals surface area contributed by atoms with Gasteiger partial charge in [-0.05, 0) is 112 Å². The monoisotopic (exact) mass is 830 g/mol. The highest BCUT2D eigenvalue weighted by molar-refractivity contribution is 7.99. The minimum atomic E-state index is -1.32. The van der Waals surface area contributed by atoms with Crippen molar-refractivity contribution in [1.29, 1.82) is 0 Å². The molecule has 1 aliphatic rings. The second kappa shape index (κ2) is 19.6.